The molecule has 0 amide bonds. The smallest absolute Gasteiger partial charge is 0.0706 e. The number of hydrogen-bond acceptors (Lipinski definition) is 1. The van der Waals surface area contributed by atoms with Crippen LogP contribution >= 0.6 is 0 Å². The van der Waals surface area contributed by atoms with Gasteiger partial charge in [-0.05, 0) is 44.4 Å². The maximum atomic E-state index is 5.59. The Hall–Kier alpha value is -0.0400. The molecular weight excluding hydrogens is 124 g/mol. The Morgan fingerprint density at radius 3 is 1.70 bits per heavy atom. The van der Waals surface area contributed by atoms with Gasteiger partial charge in [0.1, 0.15) is 0 Å². The summed E-state index contributed by atoms with van der Waals surface area (Å²) in [5.41, 5.74) is 0.264. The van der Waals surface area contributed by atoms with Crippen molar-refractivity contribution in [1.82, 2.24) is 0 Å². The third-order valence-corrected chi connectivity index (χ3v) is 3.22. The predicted molar refractivity (Wildman–Crippen MR) is 40.9 cm³/mol. The molecule has 0 bridgehead atoms. The van der Waals surface area contributed by atoms with Crippen LogP contribution in [0.1, 0.15) is 32.6 Å². The van der Waals surface area contributed by atoms with E-state index in [0.717, 1.165) is 11.8 Å². The molecule has 0 radical (unpaired) electrons. The van der Waals surface area contributed by atoms with E-state index in [9.17, 15) is 0 Å². The molecule has 0 aliphatic heterocycles. The van der Waals surface area contributed by atoms with Gasteiger partial charge in [0.15, 0.2) is 0 Å². The van der Waals surface area contributed by atoms with Gasteiger partial charge in [0.25, 0.3) is 0 Å². The molecule has 0 aromatic heterocycles. The highest BCUT2D eigenvalue weighted by Gasteiger charge is 2.51. The molecule has 0 aromatic rings. The Labute approximate surface area is 62.8 Å². The second-order valence-electron chi connectivity index (χ2n) is 3.94. The van der Waals surface area contributed by atoms with Crippen molar-refractivity contribution in [1.29, 1.82) is 0 Å². The molecule has 0 N–H and O–H groups in total. The SMILES string of the molecule is COC(C)(C1CC1)C1CC1. The van der Waals surface area contributed by atoms with E-state index in [1.54, 1.807) is 0 Å². The van der Waals surface area contributed by atoms with E-state index < -0.39 is 0 Å². The molecule has 0 atom stereocenters. The number of rotatable bonds is 3. The first-order valence-corrected chi connectivity index (χ1v) is 4.32. The Bertz CT molecular complexity index is 122. The molecule has 2 aliphatic rings. The van der Waals surface area contributed by atoms with Crippen LogP contribution in [0.4, 0.5) is 0 Å². The van der Waals surface area contributed by atoms with Gasteiger partial charge in [-0.2, -0.15) is 0 Å². The minimum atomic E-state index is 0.264. The maximum absolute atomic E-state index is 5.59. The number of hydrogen-bond donors (Lipinski definition) is 0. The summed E-state index contributed by atoms with van der Waals surface area (Å²) in [6, 6.07) is 0. The van der Waals surface area contributed by atoms with Crippen LogP contribution in [0.15, 0.2) is 0 Å². The lowest BCUT2D eigenvalue weighted by atomic mass is 9.94. The lowest BCUT2D eigenvalue weighted by Gasteiger charge is -2.27. The van der Waals surface area contributed by atoms with Crippen LogP contribution in [0.5, 0.6) is 0 Å². The van der Waals surface area contributed by atoms with E-state index in [-0.39, 0.29) is 5.60 Å². The van der Waals surface area contributed by atoms with E-state index in [1.165, 1.54) is 25.7 Å². The van der Waals surface area contributed by atoms with Gasteiger partial charge < -0.3 is 4.74 Å². The Kier molecular flexibility index (Phi) is 1.31. The van der Waals surface area contributed by atoms with Crippen molar-refractivity contribution in [2.75, 3.05) is 7.11 Å². The third-order valence-electron chi connectivity index (χ3n) is 3.22. The van der Waals surface area contributed by atoms with Gasteiger partial charge >= 0.3 is 0 Å². The van der Waals surface area contributed by atoms with Crippen molar-refractivity contribution < 1.29 is 4.74 Å². The number of ether oxygens (including phenoxy) is 1. The van der Waals surface area contributed by atoms with Crippen LogP contribution in [0.2, 0.25) is 0 Å². The molecule has 2 saturated carbocycles. The first kappa shape index (κ1) is 6.66. The van der Waals surface area contributed by atoms with Crippen molar-refractivity contribution in [3.63, 3.8) is 0 Å². The zero-order valence-electron chi connectivity index (χ0n) is 6.89. The van der Waals surface area contributed by atoms with Gasteiger partial charge in [-0.3, -0.25) is 0 Å². The fourth-order valence-electron chi connectivity index (χ4n) is 1.98. The topological polar surface area (TPSA) is 9.23 Å². The summed E-state index contributed by atoms with van der Waals surface area (Å²) >= 11 is 0. The zero-order chi connectivity index (χ0) is 7.19. The average molecular weight is 140 g/mol. The predicted octanol–water partition coefficient (Wildman–Crippen LogP) is 2.21. The van der Waals surface area contributed by atoms with Crippen molar-refractivity contribution in [2.45, 2.75) is 38.2 Å². The normalized spacial score (nSPS) is 27.0. The lowest BCUT2D eigenvalue weighted by molar-refractivity contribution is -0.0320. The van der Waals surface area contributed by atoms with Crippen LogP contribution in [-0.2, 0) is 4.74 Å². The van der Waals surface area contributed by atoms with Crippen molar-refractivity contribution >= 4 is 0 Å². The summed E-state index contributed by atoms with van der Waals surface area (Å²) in [6.07, 6.45) is 5.61. The highest BCUT2D eigenvalue weighted by atomic mass is 16.5. The van der Waals surface area contributed by atoms with E-state index in [4.69, 9.17) is 4.74 Å². The summed E-state index contributed by atoms with van der Waals surface area (Å²) in [6.45, 7) is 2.29. The summed E-state index contributed by atoms with van der Waals surface area (Å²) in [7, 11) is 1.87. The summed E-state index contributed by atoms with van der Waals surface area (Å²) in [5, 5.41) is 0. The molecule has 1 nitrogen and oxygen atoms in total. The minimum absolute atomic E-state index is 0.264. The quantitative estimate of drug-likeness (QED) is 0.584. The first-order valence-electron chi connectivity index (χ1n) is 4.32. The molecule has 0 aromatic carbocycles. The number of methoxy groups -OCH3 is 1. The second kappa shape index (κ2) is 1.97. The zero-order valence-corrected chi connectivity index (χ0v) is 6.89. The van der Waals surface area contributed by atoms with E-state index in [2.05, 4.69) is 6.92 Å². The van der Waals surface area contributed by atoms with Gasteiger partial charge in [0.05, 0.1) is 5.60 Å². The van der Waals surface area contributed by atoms with Gasteiger partial charge in [0, 0.05) is 7.11 Å². The summed E-state index contributed by atoms with van der Waals surface area (Å²) in [5.74, 6) is 1.79. The highest BCUT2D eigenvalue weighted by molar-refractivity contribution is 5.02. The van der Waals surface area contributed by atoms with Gasteiger partial charge in [-0.15, -0.1) is 0 Å². The standard InChI is InChI=1S/C9H16O/c1-9(10-2,7-3-4-7)8-5-6-8/h7-8H,3-6H2,1-2H3. The molecule has 0 saturated heterocycles. The molecule has 0 unspecified atom stereocenters. The molecule has 0 heterocycles. The lowest BCUT2D eigenvalue weighted by Crippen LogP contribution is -2.32. The van der Waals surface area contributed by atoms with E-state index in [0.29, 0.717) is 0 Å². The second-order valence-corrected chi connectivity index (χ2v) is 3.94. The molecular formula is C9H16O. The maximum Gasteiger partial charge on any atom is 0.0706 e. The molecule has 1 heteroatoms. The monoisotopic (exact) mass is 140 g/mol. The Balaban J connectivity index is 2.03. The van der Waals surface area contributed by atoms with Crippen LogP contribution < -0.4 is 0 Å². The molecule has 10 heavy (non-hydrogen) atoms. The summed E-state index contributed by atoms with van der Waals surface area (Å²) in [4.78, 5) is 0. The largest absolute Gasteiger partial charge is 0.378 e. The Morgan fingerprint density at radius 1 is 1.10 bits per heavy atom. The minimum Gasteiger partial charge on any atom is -0.378 e. The van der Waals surface area contributed by atoms with Gasteiger partial charge in [-0.25, -0.2) is 0 Å². The van der Waals surface area contributed by atoms with Crippen molar-refractivity contribution in [3.8, 4) is 0 Å². The fourth-order valence-corrected chi connectivity index (χ4v) is 1.98. The molecule has 2 rings (SSSR count). The fraction of sp³-hybridized carbons (Fsp3) is 1.00. The average Bonchev–Trinajstić information content (AvgIpc) is 2.73. The van der Waals surface area contributed by atoms with Crippen molar-refractivity contribution in [2.24, 2.45) is 11.8 Å². The van der Waals surface area contributed by atoms with E-state index >= 15 is 0 Å². The molecule has 2 fully saturated rings. The van der Waals surface area contributed by atoms with Gasteiger partial charge in [-0.1, -0.05) is 0 Å². The first-order chi connectivity index (χ1) is 4.77. The van der Waals surface area contributed by atoms with Crippen LogP contribution in [0, 0.1) is 11.8 Å². The molecule has 58 valence electrons. The third kappa shape index (κ3) is 0.878. The van der Waals surface area contributed by atoms with Gasteiger partial charge in [0.2, 0.25) is 0 Å². The van der Waals surface area contributed by atoms with Crippen LogP contribution in [0.3, 0.4) is 0 Å². The molecule has 2 aliphatic carbocycles. The molecule has 0 spiro atoms. The van der Waals surface area contributed by atoms with E-state index in [1.807, 2.05) is 7.11 Å². The highest BCUT2D eigenvalue weighted by Crippen LogP contribution is 2.53. The Morgan fingerprint density at radius 2 is 1.50 bits per heavy atom. The van der Waals surface area contributed by atoms with Crippen LogP contribution in [-0.4, -0.2) is 12.7 Å². The summed E-state index contributed by atoms with van der Waals surface area (Å²) < 4.78 is 5.59. The van der Waals surface area contributed by atoms with Crippen LogP contribution in [0.25, 0.3) is 0 Å². The van der Waals surface area contributed by atoms with Crippen molar-refractivity contribution in [3.05, 3.63) is 0 Å².